The summed E-state index contributed by atoms with van der Waals surface area (Å²) < 4.78 is 21.1. The molecule has 0 heterocycles. The molecule has 0 aliphatic heterocycles. The molecule has 2 aromatic carbocycles. The van der Waals surface area contributed by atoms with Crippen molar-refractivity contribution in [1.82, 2.24) is 5.32 Å². The van der Waals surface area contributed by atoms with Crippen LogP contribution in [0.25, 0.3) is 0 Å². The van der Waals surface area contributed by atoms with Gasteiger partial charge in [-0.15, -0.1) is 5.11 Å². The van der Waals surface area contributed by atoms with Crippen LogP contribution in [0.3, 0.4) is 0 Å². The summed E-state index contributed by atoms with van der Waals surface area (Å²) in [6.45, 7) is 1.77. The molecule has 1 amide bonds. The maximum absolute atomic E-state index is 12.6. The van der Waals surface area contributed by atoms with E-state index in [2.05, 4.69) is 15.5 Å². The van der Waals surface area contributed by atoms with Crippen LogP contribution in [0.5, 0.6) is 5.75 Å². The van der Waals surface area contributed by atoms with E-state index in [1.54, 1.807) is 69.9 Å². The largest absolute Gasteiger partial charge is 0.500 e. The van der Waals surface area contributed by atoms with Gasteiger partial charge in [0.25, 0.3) is 5.91 Å². The highest BCUT2D eigenvalue weighted by Gasteiger charge is 2.36. The van der Waals surface area contributed by atoms with Crippen LogP contribution in [0, 0.1) is 0 Å². The van der Waals surface area contributed by atoms with E-state index in [-0.39, 0.29) is 5.91 Å². The molecule has 0 aromatic heterocycles. The van der Waals surface area contributed by atoms with E-state index < -0.39 is 14.8 Å². The summed E-state index contributed by atoms with van der Waals surface area (Å²) in [4.78, 5) is 23.6. The molecule has 0 aliphatic carbocycles. The lowest BCUT2D eigenvalue weighted by Crippen LogP contribution is -2.43. The van der Waals surface area contributed by atoms with Gasteiger partial charge in [-0.25, -0.2) is 0 Å². The standard InChI is InChI=1S/C21H27N3O6Si/c1-16(25)30-18-12-10-17(11-13-18)23-24-20-9-6-5-8-19(20)21(26)22-14-7-15-31(27-2,28-3)29-4/h5-6,8-13H,7,14-15H2,1-4H3,(H,22,26). The monoisotopic (exact) mass is 445 g/mol. The van der Waals surface area contributed by atoms with Crippen molar-refractivity contribution < 1.29 is 27.6 Å². The number of rotatable bonds is 11. The van der Waals surface area contributed by atoms with Crippen LogP contribution in [0.15, 0.2) is 58.8 Å². The number of amides is 1. The Hall–Kier alpha value is -2.92. The molecule has 0 saturated carbocycles. The minimum Gasteiger partial charge on any atom is -0.427 e. The molecule has 1 N–H and O–H groups in total. The molecule has 2 aromatic rings. The van der Waals surface area contributed by atoms with E-state index in [1.807, 2.05) is 0 Å². The Labute approximate surface area is 182 Å². The van der Waals surface area contributed by atoms with Gasteiger partial charge in [0.2, 0.25) is 0 Å². The van der Waals surface area contributed by atoms with E-state index in [0.717, 1.165) is 0 Å². The number of nitrogens with zero attached hydrogens (tertiary/aromatic N) is 2. The Morgan fingerprint density at radius 3 is 2.19 bits per heavy atom. The van der Waals surface area contributed by atoms with Gasteiger partial charge >= 0.3 is 14.8 Å². The zero-order valence-electron chi connectivity index (χ0n) is 18.1. The molecule has 0 saturated heterocycles. The lowest BCUT2D eigenvalue weighted by molar-refractivity contribution is -0.131. The van der Waals surface area contributed by atoms with Gasteiger partial charge in [0.05, 0.1) is 16.9 Å². The Balaban J connectivity index is 1.98. The van der Waals surface area contributed by atoms with Crippen LogP contribution in [0.1, 0.15) is 23.7 Å². The normalized spacial score (nSPS) is 11.5. The number of esters is 1. The zero-order chi connectivity index (χ0) is 22.7. The second kappa shape index (κ2) is 12.1. The van der Waals surface area contributed by atoms with Crippen molar-refractivity contribution in [3.63, 3.8) is 0 Å². The van der Waals surface area contributed by atoms with Gasteiger partial charge < -0.3 is 23.3 Å². The van der Waals surface area contributed by atoms with Gasteiger partial charge in [-0.3, -0.25) is 9.59 Å². The van der Waals surface area contributed by atoms with Gasteiger partial charge in [0.1, 0.15) is 5.75 Å². The average molecular weight is 446 g/mol. The van der Waals surface area contributed by atoms with E-state index in [4.69, 9.17) is 18.0 Å². The number of carbonyl (C=O) groups is 2. The molecule has 0 fully saturated rings. The van der Waals surface area contributed by atoms with Crippen LogP contribution in [0.2, 0.25) is 6.04 Å². The van der Waals surface area contributed by atoms with Crippen LogP contribution >= 0.6 is 0 Å². The summed E-state index contributed by atoms with van der Waals surface area (Å²) in [5.74, 6) is -0.220. The fourth-order valence-corrected chi connectivity index (χ4v) is 4.49. The molecule has 0 spiro atoms. The number of azo groups is 1. The first-order chi connectivity index (χ1) is 14.9. The predicted molar refractivity (Wildman–Crippen MR) is 117 cm³/mol. The topological polar surface area (TPSA) is 108 Å². The third-order valence-corrected chi connectivity index (χ3v) is 7.23. The number of hydrogen-bond acceptors (Lipinski definition) is 8. The van der Waals surface area contributed by atoms with Gasteiger partial charge in [0, 0.05) is 40.8 Å². The zero-order valence-corrected chi connectivity index (χ0v) is 19.1. The smallest absolute Gasteiger partial charge is 0.427 e. The van der Waals surface area contributed by atoms with Gasteiger partial charge in [-0.2, -0.15) is 5.11 Å². The highest BCUT2D eigenvalue weighted by atomic mass is 28.4. The van der Waals surface area contributed by atoms with Crippen LogP contribution < -0.4 is 10.1 Å². The first kappa shape index (κ1) is 24.3. The molecule has 9 nitrogen and oxygen atoms in total. The lowest BCUT2D eigenvalue weighted by atomic mass is 10.1. The van der Waals surface area contributed by atoms with Crippen LogP contribution in [0.4, 0.5) is 11.4 Å². The number of carbonyl (C=O) groups excluding carboxylic acids is 2. The first-order valence-corrected chi connectivity index (χ1v) is 11.6. The summed E-state index contributed by atoms with van der Waals surface area (Å²) in [6, 6.07) is 14.1. The molecule has 166 valence electrons. The number of nitrogens with one attached hydrogen (secondary N) is 1. The summed E-state index contributed by atoms with van der Waals surface area (Å²) in [5, 5.41) is 11.2. The third kappa shape index (κ3) is 7.37. The molecule has 0 unspecified atom stereocenters. The molecule has 10 heteroatoms. The summed E-state index contributed by atoms with van der Waals surface area (Å²) in [7, 11) is 2.02. The molecular weight excluding hydrogens is 418 g/mol. The third-order valence-electron chi connectivity index (χ3n) is 4.40. The van der Waals surface area contributed by atoms with E-state index in [9.17, 15) is 9.59 Å². The van der Waals surface area contributed by atoms with Crippen molar-refractivity contribution >= 4 is 32.1 Å². The number of ether oxygens (including phenoxy) is 1. The van der Waals surface area contributed by atoms with Gasteiger partial charge in [-0.05, 0) is 42.8 Å². The maximum Gasteiger partial charge on any atom is 0.500 e. The van der Waals surface area contributed by atoms with E-state index >= 15 is 0 Å². The molecule has 31 heavy (non-hydrogen) atoms. The fraction of sp³-hybridized carbons (Fsp3) is 0.333. The number of benzene rings is 2. The molecule has 0 atom stereocenters. The molecule has 0 aliphatic rings. The van der Waals surface area contributed by atoms with Gasteiger partial charge in [-0.1, -0.05) is 12.1 Å². The van der Waals surface area contributed by atoms with Crippen molar-refractivity contribution in [2.45, 2.75) is 19.4 Å². The minimum atomic E-state index is -2.66. The second-order valence-corrected chi connectivity index (χ2v) is 9.55. The van der Waals surface area contributed by atoms with Crippen molar-refractivity contribution in [2.75, 3.05) is 27.9 Å². The average Bonchev–Trinajstić information content (AvgIpc) is 2.79. The van der Waals surface area contributed by atoms with Crippen LogP contribution in [-0.4, -0.2) is 48.6 Å². The second-order valence-electron chi connectivity index (χ2n) is 6.46. The quantitative estimate of drug-likeness (QED) is 0.184. The van der Waals surface area contributed by atoms with Crippen molar-refractivity contribution in [2.24, 2.45) is 10.2 Å². The van der Waals surface area contributed by atoms with Gasteiger partial charge in [0.15, 0.2) is 0 Å². The van der Waals surface area contributed by atoms with Crippen molar-refractivity contribution in [3.8, 4) is 5.75 Å². The lowest BCUT2D eigenvalue weighted by Gasteiger charge is -2.24. The first-order valence-electron chi connectivity index (χ1n) is 9.66. The fourth-order valence-electron chi connectivity index (χ4n) is 2.77. The van der Waals surface area contributed by atoms with Crippen molar-refractivity contribution in [1.29, 1.82) is 0 Å². The molecule has 0 radical (unpaired) electrons. The summed E-state index contributed by atoms with van der Waals surface area (Å²) in [5.41, 5.74) is 1.42. The summed E-state index contributed by atoms with van der Waals surface area (Å²) >= 11 is 0. The van der Waals surface area contributed by atoms with E-state index in [1.165, 1.54) is 6.92 Å². The highest BCUT2D eigenvalue weighted by molar-refractivity contribution is 6.60. The molecular formula is C21H27N3O6Si. The van der Waals surface area contributed by atoms with E-state index in [0.29, 0.717) is 41.7 Å². The Morgan fingerprint density at radius 1 is 0.935 bits per heavy atom. The molecule has 0 bridgehead atoms. The Bertz CT molecular complexity index is 892. The number of hydrogen-bond donors (Lipinski definition) is 1. The SMILES string of the molecule is CO[Si](CCCNC(=O)c1ccccc1N=Nc1ccc(OC(C)=O)cc1)(OC)OC. The Morgan fingerprint density at radius 2 is 1.58 bits per heavy atom. The van der Waals surface area contributed by atoms with Crippen LogP contribution in [-0.2, 0) is 18.1 Å². The maximum atomic E-state index is 12.6. The van der Waals surface area contributed by atoms with Crippen molar-refractivity contribution in [3.05, 3.63) is 54.1 Å². The minimum absolute atomic E-state index is 0.251. The Kier molecular flexibility index (Phi) is 9.47. The predicted octanol–water partition coefficient (Wildman–Crippen LogP) is 4.03. The highest BCUT2D eigenvalue weighted by Crippen LogP contribution is 2.24. The molecule has 2 rings (SSSR count). The summed E-state index contributed by atoms with van der Waals surface area (Å²) in [6.07, 6.45) is 0.645.